The number of benzene rings is 2. The maximum absolute atomic E-state index is 12.9. The second-order valence-corrected chi connectivity index (χ2v) is 7.94. The van der Waals surface area contributed by atoms with E-state index in [0.717, 1.165) is 27.6 Å². The largest absolute Gasteiger partial charge is 0.457 e. The Morgan fingerprint density at radius 3 is 2.72 bits per heavy atom. The van der Waals surface area contributed by atoms with E-state index in [4.69, 9.17) is 4.42 Å². The number of hydrogen-bond acceptors (Lipinski definition) is 3. The highest BCUT2D eigenvalue weighted by atomic mass is 79.9. The van der Waals surface area contributed by atoms with Crippen LogP contribution in [-0.4, -0.2) is 17.4 Å². The van der Waals surface area contributed by atoms with Crippen LogP contribution in [0.2, 0.25) is 0 Å². The summed E-state index contributed by atoms with van der Waals surface area (Å²) in [5, 5.41) is 9.56. The van der Waals surface area contributed by atoms with Gasteiger partial charge in [0.25, 0.3) is 5.91 Å². The molecule has 0 unspecified atom stereocenters. The summed E-state index contributed by atoms with van der Waals surface area (Å²) in [6.45, 7) is 3.15. The predicted octanol–water partition coefficient (Wildman–Crippen LogP) is 5.51. The van der Waals surface area contributed by atoms with E-state index in [1.54, 1.807) is 11.0 Å². The van der Waals surface area contributed by atoms with E-state index < -0.39 is 0 Å². The lowest BCUT2D eigenvalue weighted by Crippen LogP contribution is -2.36. The molecule has 0 fully saturated rings. The quantitative estimate of drug-likeness (QED) is 0.393. The third kappa shape index (κ3) is 4.03. The number of hydrogen-bond donors (Lipinski definition) is 0. The molecule has 3 aromatic rings. The Labute approximate surface area is 178 Å². The fourth-order valence-corrected chi connectivity index (χ4v) is 3.75. The first-order valence-corrected chi connectivity index (χ1v) is 10.2. The SMILES string of the molecule is Cc1cc(-c2ccc(/C=C(\C#N)C(=O)N3CCc4ccccc4C3)o2)ccc1Br. The van der Waals surface area contributed by atoms with E-state index in [2.05, 4.69) is 22.0 Å². The van der Waals surface area contributed by atoms with E-state index >= 15 is 0 Å². The summed E-state index contributed by atoms with van der Waals surface area (Å²) in [6.07, 6.45) is 2.33. The highest BCUT2D eigenvalue weighted by Crippen LogP contribution is 2.28. The van der Waals surface area contributed by atoms with Gasteiger partial charge in [-0.3, -0.25) is 4.79 Å². The summed E-state index contributed by atoms with van der Waals surface area (Å²) in [5.41, 5.74) is 4.53. The summed E-state index contributed by atoms with van der Waals surface area (Å²) >= 11 is 3.49. The Hall–Kier alpha value is -3.10. The zero-order valence-electron chi connectivity index (χ0n) is 16.0. The fourth-order valence-electron chi connectivity index (χ4n) is 3.51. The average Bonchev–Trinajstić information content (AvgIpc) is 3.21. The van der Waals surface area contributed by atoms with Crippen molar-refractivity contribution in [2.45, 2.75) is 19.9 Å². The van der Waals surface area contributed by atoms with E-state index in [1.807, 2.05) is 55.5 Å². The standard InChI is InChI=1S/C24H19BrN2O2/c1-16-12-18(6-8-22(16)25)23-9-7-21(29-23)13-20(14-26)24(28)27-11-10-17-4-2-3-5-19(17)15-27/h2-9,12-13H,10-11,15H2,1H3/b20-13+. The Bertz CT molecular complexity index is 1150. The molecule has 2 aromatic carbocycles. The Kier molecular flexibility index (Phi) is 5.37. The molecule has 1 aliphatic rings. The lowest BCUT2D eigenvalue weighted by molar-refractivity contribution is -0.127. The first kappa shape index (κ1) is 19.2. The summed E-state index contributed by atoms with van der Waals surface area (Å²) < 4.78 is 6.91. The monoisotopic (exact) mass is 446 g/mol. The topological polar surface area (TPSA) is 57.2 Å². The molecule has 5 heteroatoms. The van der Waals surface area contributed by atoms with Crippen LogP contribution in [0.4, 0.5) is 0 Å². The van der Waals surface area contributed by atoms with Crippen molar-refractivity contribution < 1.29 is 9.21 Å². The number of nitrogens with zero attached hydrogens (tertiary/aromatic N) is 2. The third-order valence-electron chi connectivity index (χ3n) is 5.12. The predicted molar refractivity (Wildman–Crippen MR) is 116 cm³/mol. The van der Waals surface area contributed by atoms with Gasteiger partial charge in [-0.25, -0.2) is 0 Å². The van der Waals surface area contributed by atoms with Gasteiger partial charge < -0.3 is 9.32 Å². The summed E-state index contributed by atoms with van der Waals surface area (Å²) in [4.78, 5) is 14.6. The van der Waals surface area contributed by atoms with Crippen LogP contribution in [0.3, 0.4) is 0 Å². The van der Waals surface area contributed by atoms with Crippen molar-refractivity contribution in [2.24, 2.45) is 0 Å². The molecular weight excluding hydrogens is 428 g/mol. The van der Waals surface area contributed by atoms with Crippen LogP contribution in [0.5, 0.6) is 0 Å². The average molecular weight is 447 g/mol. The number of rotatable bonds is 3. The van der Waals surface area contributed by atoms with Crippen LogP contribution in [0, 0.1) is 18.3 Å². The maximum Gasteiger partial charge on any atom is 0.264 e. The number of fused-ring (bicyclic) bond motifs is 1. The first-order valence-electron chi connectivity index (χ1n) is 9.39. The zero-order valence-corrected chi connectivity index (χ0v) is 17.6. The van der Waals surface area contributed by atoms with Crippen molar-refractivity contribution in [1.29, 1.82) is 5.26 Å². The number of nitriles is 1. The minimum Gasteiger partial charge on any atom is -0.457 e. The number of furan rings is 1. The number of carbonyl (C=O) groups is 1. The van der Waals surface area contributed by atoms with Gasteiger partial charge in [0.1, 0.15) is 23.2 Å². The Balaban J connectivity index is 1.55. The van der Waals surface area contributed by atoms with Crippen molar-refractivity contribution in [3.63, 3.8) is 0 Å². The molecule has 4 nitrogen and oxygen atoms in total. The number of halogens is 1. The van der Waals surface area contributed by atoms with Gasteiger partial charge in [0.2, 0.25) is 0 Å². The molecule has 0 saturated carbocycles. The molecule has 0 atom stereocenters. The molecule has 29 heavy (non-hydrogen) atoms. The van der Waals surface area contributed by atoms with Crippen LogP contribution in [0.1, 0.15) is 22.5 Å². The van der Waals surface area contributed by atoms with Crippen molar-refractivity contribution in [1.82, 2.24) is 4.90 Å². The molecular formula is C24H19BrN2O2. The molecule has 0 N–H and O–H groups in total. The van der Waals surface area contributed by atoms with Crippen molar-refractivity contribution >= 4 is 27.9 Å². The van der Waals surface area contributed by atoms with Gasteiger partial charge in [0, 0.05) is 29.2 Å². The van der Waals surface area contributed by atoms with Crippen LogP contribution in [-0.2, 0) is 17.8 Å². The molecule has 0 radical (unpaired) electrons. The van der Waals surface area contributed by atoms with Crippen LogP contribution in [0.15, 0.2) is 69.1 Å². The number of carbonyl (C=O) groups excluding carboxylic acids is 1. The Morgan fingerprint density at radius 1 is 1.17 bits per heavy atom. The minimum absolute atomic E-state index is 0.0808. The van der Waals surface area contributed by atoms with Gasteiger partial charge in [-0.15, -0.1) is 0 Å². The third-order valence-corrected chi connectivity index (χ3v) is 6.01. The number of aryl methyl sites for hydroxylation is 1. The minimum atomic E-state index is -0.264. The summed E-state index contributed by atoms with van der Waals surface area (Å²) in [7, 11) is 0. The smallest absolute Gasteiger partial charge is 0.264 e. The van der Waals surface area contributed by atoms with Gasteiger partial charge >= 0.3 is 0 Å². The number of amides is 1. The summed E-state index contributed by atoms with van der Waals surface area (Å²) in [6, 6.07) is 19.7. The molecule has 1 aliphatic heterocycles. The molecule has 1 aromatic heterocycles. The molecule has 0 saturated heterocycles. The molecule has 4 rings (SSSR count). The second-order valence-electron chi connectivity index (χ2n) is 7.08. The van der Waals surface area contributed by atoms with Crippen LogP contribution in [0.25, 0.3) is 17.4 Å². The summed E-state index contributed by atoms with van der Waals surface area (Å²) in [5.74, 6) is 0.922. The maximum atomic E-state index is 12.9. The normalized spacial score (nSPS) is 13.7. The molecule has 1 amide bonds. The van der Waals surface area contributed by atoms with Gasteiger partial charge in [-0.2, -0.15) is 5.26 Å². The fraction of sp³-hybridized carbons (Fsp3) is 0.167. The Morgan fingerprint density at radius 2 is 1.97 bits per heavy atom. The van der Waals surface area contributed by atoms with Crippen molar-refractivity contribution in [3.8, 4) is 17.4 Å². The van der Waals surface area contributed by atoms with E-state index in [9.17, 15) is 10.1 Å². The van der Waals surface area contributed by atoms with E-state index in [0.29, 0.717) is 24.6 Å². The second kappa shape index (κ2) is 8.10. The molecule has 0 aliphatic carbocycles. The molecule has 0 spiro atoms. The lowest BCUT2D eigenvalue weighted by atomic mass is 9.99. The van der Waals surface area contributed by atoms with E-state index in [1.165, 1.54) is 11.6 Å². The lowest BCUT2D eigenvalue weighted by Gasteiger charge is -2.28. The molecule has 0 bridgehead atoms. The zero-order chi connectivity index (χ0) is 20.4. The molecule has 2 heterocycles. The highest BCUT2D eigenvalue weighted by molar-refractivity contribution is 9.10. The van der Waals surface area contributed by atoms with E-state index in [-0.39, 0.29) is 11.5 Å². The van der Waals surface area contributed by atoms with Crippen LogP contribution >= 0.6 is 15.9 Å². The van der Waals surface area contributed by atoms with Gasteiger partial charge in [0.15, 0.2) is 0 Å². The first-order chi connectivity index (χ1) is 14.0. The van der Waals surface area contributed by atoms with Gasteiger partial charge in [-0.1, -0.05) is 46.3 Å². The van der Waals surface area contributed by atoms with Gasteiger partial charge in [-0.05, 0) is 54.3 Å². The van der Waals surface area contributed by atoms with Crippen LogP contribution < -0.4 is 0 Å². The van der Waals surface area contributed by atoms with Crippen molar-refractivity contribution in [3.05, 3.63) is 87.1 Å². The van der Waals surface area contributed by atoms with Crippen molar-refractivity contribution in [2.75, 3.05) is 6.54 Å². The van der Waals surface area contributed by atoms with Gasteiger partial charge in [0.05, 0.1) is 0 Å². The highest BCUT2D eigenvalue weighted by Gasteiger charge is 2.23. The molecule has 144 valence electrons.